The molecule has 0 atom stereocenters. The Balaban J connectivity index is 1.46. The number of fused-ring (bicyclic) bond motifs is 1. The molecule has 0 N–H and O–H groups in total. The summed E-state index contributed by atoms with van der Waals surface area (Å²) < 4.78 is 7.76. The SMILES string of the molecule is c1ccc(-c2ncn(Cc3ccccc3N3CCOCC3)c2-c2nc3cncnc3s2)cc1. The van der Waals surface area contributed by atoms with Crippen molar-refractivity contribution in [3.05, 3.63) is 79.0 Å². The number of para-hydroxylation sites is 1. The average molecular weight is 455 g/mol. The van der Waals surface area contributed by atoms with Crippen LogP contribution in [-0.2, 0) is 11.3 Å². The molecule has 0 unspecified atom stereocenters. The van der Waals surface area contributed by atoms with Gasteiger partial charge in [0.2, 0.25) is 0 Å². The van der Waals surface area contributed by atoms with Gasteiger partial charge in [0.1, 0.15) is 27.4 Å². The first-order valence-corrected chi connectivity index (χ1v) is 11.8. The van der Waals surface area contributed by atoms with Crippen LogP contribution in [0.25, 0.3) is 32.3 Å². The minimum Gasteiger partial charge on any atom is -0.378 e. The van der Waals surface area contributed by atoms with Gasteiger partial charge < -0.3 is 14.2 Å². The summed E-state index contributed by atoms with van der Waals surface area (Å²) in [6.07, 6.45) is 5.25. The molecule has 33 heavy (non-hydrogen) atoms. The fourth-order valence-corrected chi connectivity index (χ4v) is 5.21. The summed E-state index contributed by atoms with van der Waals surface area (Å²) >= 11 is 1.57. The number of ether oxygens (including phenoxy) is 1. The van der Waals surface area contributed by atoms with E-state index < -0.39 is 0 Å². The van der Waals surface area contributed by atoms with Crippen LogP contribution in [-0.4, -0.2) is 50.8 Å². The van der Waals surface area contributed by atoms with Crippen LogP contribution in [0.5, 0.6) is 0 Å². The molecule has 0 spiro atoms. The molecule has 0 radical (unpaired) electrons. The van der Waals surface area contributed by atoms with Crippen molar-refractivity contribution in [2.24, 2.45) is 0 Å². The maximum absolute atomic E-state index is 5.56. The van der Waals surface area contributed by atoms with E-state index >= 15 is 0 Å². The second-order valence-electron chi connectivity index (χ2n) is 7.90. The number of nitrogens with zero attached hydrogens (tertiary/aromatic N) is 6. The molecule has 1 saturated heterocycles. The van der Waals surface area contributed by atoms with Crippen molar-refractivity contribution in [2.75, 3.05) is 31.2 Å². The van der Waals surface area contributed by atoms with Crippen molar-refractivity contribution >= 4 is 27.4 Å². The Morgan fingerprint density at radius 3 is 2.61 bits per heavy atom. The minimum absolute atomic E-state index is 0.699. The van der Waals surface area contributed by atoms with Crippen molar-refractivity contribution in [1.82, 2.24) is 24.5 Å². The van der Waals surface area contributed by atoms with E-state index in [9.17, 15) is 0 Å². The van der Waals surface area contributed by atoms with Gasteiger partial charge in [-0.1, -0.05) is 59.9 Å². The predicted octanol–water partition coefficient (Wildman–Crippen LogP) is 4.50. The summed E-state index contributed by atoms with van der Waals surface area (Å²) in [5.41, 5.74) is 6.29. The third-order valence-electron chi connectivity index (χ3n) is 5.84. The molecule has 1 fully saturated rings. The Morgan fingerprint density at radius 2 is 1.76 bits per heavy atom. The molecule has 0 aliphatic carbocycles. The first-order valence-electron chi connectivity index (χ1n) is 10.9. The van der Waals surface area contributed by atoms with Gasteiger partial charge in [-0.05, 0) is 11.6 Å². The minimum atomic E-state index is 0.699. The zero-order valence-electron chi connectivity index (χ0n) is 18.0. The number of anilines is 1. The Hall–Kier alpha value is -3.62. The van der Waals surface area contributed by atoms with Crippen molar-refractivity contribution in [3.63, 3.8) is 0 Å². The highest BCUT2D eigenvalue weighted by molar-refractivity contribution is 7.21. The monoisotopic (exact) mass is 454 g/mol. The van der Waals surface area contributed by atoms with Crippen molar-refractivity contribution in [1.29, 1.82) is 0 Å². The third kappa shape index (κ3) is 3.88. The van der Waals surface area contributed by atoms with Gasteiger partial charge in [-0.3, -0.25) is 0 Å². The van der Waals surface area contributed by atoms with Crippen LogP contribution in [0.1, 0.15) is 5.56 Å². The molecule has 3 aromatic heterocycles. The summed E-state index contributed by atoms with van der Waals surface area (Å²) in [7, 11) is 0. The molecule has 8 heteroatoms. The summed E-state index contributed by atoms with van der Waals surface area (Å²) in [6.45, 7) is 4.02. The summed E-state index contributed by atoms with van der Waals surface area (Å²) in [4.78, 5) is 21.5. The maximum atomic E-state index is 5.56. The molecule has 2 aromatic carbocycles. The van der Waals surface area contributed by atoms with Crippen LogP contribution in [0.4, 0.5) is 5.69 Å². The highest BCUT2D eigenvalue weighted by Crippen LogP contribution is 2.36. The molecule has 6 rings (SSSR count). The topological polar surface area (TPSA) is 69.0 Å². The van der Waals surface area contributed by atoms with E-state index in [0.717, 1.165) is 58.6 Å². The molecule has 1 aliphatic rings. The lowest BCUT2D eigenvalue weighted by Gasteiger charge is -2.30. The van der Waals surface area contributed by atoms with Crippen molar-refractivity contribution in [2.45, 2.75) is 6.54 Å². The standard InChI is InChI=1S/C25H22N6OS/c1-2-6-18(7-3-1)22-23(25-29-20-14-26-16-27-24(20)33-25)31(17-28-22)15-19-8-4-5-9-21(19)30-10-12-32-13-11-30/h1-9,14,16-17H,10-13,15H2. The Kier molecular flexibility index (Phi) is 5.29. The highest BCUT2D eigenvalue weighted by Gasteiger charge is 2.21. The van der Waals surface area contributed by atoms with E-state index in [1.165, 1.54) is 11.3 Å². The number of imidazole rings is 1. The van der Waals surface area contributed by atoms with Gasteiger partial charge in [0.05, 0.1) is 38.0 Å². The zero-order valence-corrected chi connectivity index (χ0v) is 18.8. The number of hydrogen-bond acceptors (Lipinski definition) is 7. The molecule has 5 aromatic rings. The van der Waals surface area contributed by atoms with Gasteiger partial charge in [0.15, 0.2) is 0 Å². The van der Waals surface area contributed by atoms with E-state index in [0.29, 0.717) is 6.54 Å². The summed E-state index contributed by atoms with van der Waals surface area (Å²) in [5, 5.41) is 0.894. The predicted molar refractivity (Wildman–Crippen MR) is 130 cm³/mol. The van der Waals surface area contributed by atoms with Crippen LogP contribution in [0.3, 0.4) is 0 Å². The van der Waals surface area contributed by atoms with Crippen LogP contribution in [0, 0.1) is 0 Å². The Labute approximate surface area is 195 Å². The van der Waals surface area contributed by atoms with Crippen molar-refractivity contribution in [3.8, 4) is 22.0 Å². The van der Waals surface area contributed by atoms with E-state index in [4.69, 9.17) is 14.7 Å². The van der Waals surface area contributed by atoms with E-state index in [1.54, 1.807) is 23.9 Å². The van der Waals surface area contributed by atoms with E-state index in [1.807, 2.05) is 24.5 Å². The van der Waals surface area contributed by atoms with Gasteiger partial charge in [-0.15, -0.1) is 0 Å². The second-order valence-corrected chi connectivity index (χ2v) is 8.87. The number of rotatable bonds is 5. The maximum Gasteiger partial charge on any atom is 0.147 e. The zero-order chi connectivity index (χ0) is 22.0. The van der Waals surface area contributed by atoms with Crippen LogP contribution >= 0.6 is 11.3 Å². The number of morpholine rings is 1. The van der Waals surface area contributed by atoms with Gasteiger partial charge in [0, 0.05) is 24.3 Å². The molecule has 4 heterocycles. The second kappa shape index (κ2) is 8.73. The number of aromatic nitrogens is 5. The lowest BCUT2D eigenvalue weighted by molar-refractivity contribution is 0.122. The van der Waals surface area contributed by atoms with Gasteiger partial charge in [0.25, 0.3) is 0 Å². The Bertz CT molecular complexity index is 1360. The normalized spacial score (nSPS) is 14.1. The van der Waals surface area contributed by atoms with Crippen LogP contribution in [0.15, 0.2) is 73.4 Å². The molecule has 164 valence electrons. The lowest BCUT2D eigenvalue weighted by atomic mass is 10.1. The van der Waals surface area contributed by atoms with Crippen LogP contribution < -0.4 is 4.90 Å². The van der Waals surface area contributed by atoms with E-state index in [2.05, 4.69) is 55.8 Å². The molecular weight excluding hydrogens is 432 g/mol. The highest BCUT2D eigenvalue weighted by atomic mass is 32.1. The number of benzene rings is 2. The largest absolute Gasteiger partial charge is 0.378 e. The molecule has 7 nitrogen and oxygen atoms in total. The Morgan fingerprint density at radius 1 is 0.939 bits per heavy atom. The smallest absolute Gasteiger partial charge is 0.147 e. The molecule has 0 amide bonds. The molecular formula is C25H22N6OS. The molecule has 1 aliphatic heterocycles. The number of thiazole rings is 1. The average Bonchev–Trinajstić information content (AvgIpc) is 3.49. The number of hydrogen-bond donors (Lipinski definition) is 0. The van der Waals surface area contributed by atoms with E-state index in [-0.39, 0.29) is 0 Å². The lowest BCUT2D eigenvalue weighted by Crippen LogP contribution is -2.36. The first-order chi connectivity index (χ1) is 16.4. The molecule has 0 bridgehead atoms. The third-order valence-corrected chi connectivity index (χ3v) is 6.83. The summed E-state index contributed by atoms with van der Waals surface area (Å²) in [6, 6.07) is 18.9. The fraction of sp³-hybridized carbons (Fsp3) is 0.200. The summed E-state index contributed by atoms with van der Waals surface area (Å²) in [5.74, 6) is 0. The van der Waals surface area contributed by atoms with Gasteiger partial charge >= 0.3 is 0 Å². The first kappa shape index (κ1) is 20.0. The quantitative estimate of drug-likeness (QED) is 0.389. The molecule has 0 saturated carbocycles. The fourth-order valence-electron chi connectivity index (χ4n) is 4.27. The van der Waals surface area contributed by atoms with Crippen molar-refractivity contribution < 1.29 is 4.74 Å². The van der Waals surface area contributed by atoms with Gasteiger partial charge in [-0.2, -0.15) is 0 Å². The van der Waals surface area contributed by atoms with Crippen LogP contribution in [0.2, 0.25) is 0 Å². The van der Waals surface area contributed by atoms with Gasteiger partial charge in [-0.25, -0.2) is 19.9 Å².